The molecule has 0 bridgehead atoms. The number of carbonyl (C=O) groups is 1. The van der Waals surface area contributed by atoms with E-state index in [1.165, 1.54) is 10.6 Å². The lowest BCUT2D eigenvalue weighted by atomic mass is 10.2. The second kappa shape index (κ2) is 4.51. The van der Waals surface area contributed by atoms with E-state index in [0.717, 1.165) is 5.69 Å². The van der Waals surface area contributed by atoms with Gasteiger partial charge in [0, 0.05) is 11.8 Å². The number of pyridine rings is 1. The van der Waals surface area contributed by atoms with Gasteiger partial charge in [-0.25, -0.2) is 0 Å². The Morgan fingerprint density at radius 1 is 1.38 bits per heavy atom. The third-order valence-corrected chi connectivity index (χ3v) is 1.98. The first-order valence-electron chi connectivity index (χ1n) is 5.18. The van der Waals surface area contributed by atoms with E-state index < -0.39 is 11.6 Å². The fraction of sp³-hybridized carbons (Fsp3) is 0.500. The number of aryl methyl sites for hydroxylation is 1. The summed E-state index contributed by atoms with van der Waals surface area (Å²) in [5.41, 5.74) is 0.0350. The molecule has 0 aliphatic rings. The molecule has 0 amide bonds. The Kier molecular flexibility index (Phi) is 3.52. The van der Waals surface area contributed by atoms with Gasteiger partial charge < -0.3 is 9.30 Å². The lowest BCUT2D eigenvalue weighted by molar-refractivity contribution is -0.155. The van der Waals surface area contributed by atoms with Gasteiger partial charge in [0.1, 0.15) is 12.1 Å². The van der Waals surface area contributed by atoms with Crippen LogP contribution in [0, 0.1) is 6.92 Å². The number of rotatable bonds is 2. The zero-order valence-electron chi connectivity index (χ0n) is 10.1. The maximum absolute atomic E-state index is 11.6. The first-order valence-corrected chi connectivity index (χ1v) is 5.18. The van der Waals surface area contributed by atoms with Crippen LogP contribution in [0.25, 0.3) is 0 Å². The highest BCUT2D eigenvalue weighted by atomic mass is 16.6. The molecule has 0 spiro atoms. The van der Waals surface area contributed by atoms with Gasteiger partial charge in [-0.15, -0.1) is 0 Å². The zero-order valence-corrected chi connectivity index (χ0v) is 10.1. The normalized spacial score (nSPS) is 11.2. The van der Waals surface area contributed by atoms with Crippen molar-refractivity contribution in [2.45, 2.75) is 39.8 Å². The fourth-order valence-corrected chi connectivity index (χ4v) is 1.33. The van der Waals surface area contributed by atoms with Crippen LogP contribution in [-0.4, -0.2) is 16.1 Å². The largest absolute Gasteiger partial charge is 0.459 e. The lowest BCUT2D eigenvalue weighted by Crippen LogP contribution is -2.31. The summed E-state index contributed by atoms with van der Waals surface area (Å²) in [6.45, 7) is 7.14. The van der Waals surface area contributed by atoms with E-state index in [4.69, 9.17) is 4.74 Å². The molecular weight excluding hydrogens is 206 g/mol. The van der Waals surface area contributed by atoms with Crippen LogP contribution < -0.4 is 5.56 Å². The number of aromatic nitrogens is 1. The predicted octanol–water partition coefficient (Wildman–Crippen LogP) is 1.50. The van der Waals surface area contributed by atoms with E-state index in [2.05, 4.69) is 0 Å². The average molecular weight is 223 g/mol. The second-order valence-corrected chi connectivity index (χ2v) is 4.68. The Balaban J connectivity index is 2.82. The Morgan fingerprint density at radius 3 is 2.50 bits per heavy atom. The molecule has 88 valence electrons. The van der Waals surface area contributed by atoms with Crippen LogP contribution in [0.2, 0.25) is 0 Å². The molecule has 1 heterocycles. The third-order valence-electron chi connectivity index (χ3n) is 1.98. The maximum atomic E-state index is 11.6. The van der Waals surface area contributed by atoms with Gasteiger partial charge >= 0.3 is 5.97 Å². The summed E-state index contributed by atoms with van der Waals surface area (Å²) in [4.78, 5) is 23.0. The third kappa shape index (κ3) is 3.53. The number of ether oxygens (including phenoxy) is 1. The molecule has 0 aromatic carbocycles. The molecule has 0 N–H and O–H groups in total. The molecule has 0 radical (unpaired) electrons. The van der Waals surface area contributed by atoms with Crippen LogP contribution in [-0.2, 0) is 16.1 Å². The van der Waals surface area contributed by atoms with E-state index in [1.54, 1.807) is 39.8 Å². The van der Waals surface area contributed by atoms with Crippen molar-refractivity contribution in [2.75, 3.05) is 0 Å². The molecule has 0 fully saturated rings. The quantitative estimate of drug-likeness (QED) is 0.714. The zero-order chi connectivity index (χ0) is 12.3. The molecule has 0 saturated heterocycles. The first-order chi connectivity index (χ1) is 7.29. The number of esters is 1. The molecular formula is C12H17NO3. The topological polar surface area (TPSA) is 48.3 Å². The van der Waals surface area contributed by atoms with Gasteiger partial charge in [0.15, 0.2) is 0 Å². The van der Waals surface area contributed by atoms with Crippen molar-refractivity contribution in [3.63, 3.8) is 0 Å². The van der Waals surface area contributed by atoms with Gasteiger partial charge in [-0.1, -0.05) is 6.07 Å². The van der Waals surface area contributed by atoms with Crippen molar-refractivity contribution in [3.05, 3.63) is 34.2 Å². The number of nitrogens with zero attached hydrogens (tertiary/aromatic N) is 1. The monoisotopic (exact) mass is 223 g/mol. The van der Waals surface area contributed by atoms with E-state index in [9.17, 15) is 9.59 Å². The molecule has 16 heavy (non-hydrogen) atoms. The van der Waals surface area contributed by atoms with Crippen molar-refractivity contribution in [3.8, 4) is 0 Å². The molecule has 1 aromatic rings. The van der Waals surface area contributed by atoms with Crippen LogP contribution in [0.5, 0.6) is 0 Å². The van der Waals surface area contributed by atoms with Gasteiger partial charge in [0.05, 0.1) is 0 Å². The molecule has 0 saturated carbocycles. The van der Waals surface area contributed by atoms with Crippen LogP contribution in [0.15, 0.2) is 23.0 Å². The molecule has 4 heteroatoms. The highest BCUT2D eigenvalue weighted by molar-refractivity contribution is 5.69. The van der Waals surface area contributed by atoms with Gasteiger partial charge in [-0.05, 0) is 33.8 Å². The Hall–Kier alpha value is -1.58. The molecule has 1 aromatic heterocycles. The first kappa shape index (κ1) is 12.5. The standard InChI is InChI=1S/C12H17NO3/c1-9-6-5-7-10(14)13(9)8-11(15)16-12(2,3)4/h5-7H,8H2,1-4H3. The van der Waals surface area contributed by atoms with Gasteiger partial charge in [0.2, 0.25) is 0 Å². The molecule has 4 nitrogen and oxygen atoms in total. The molecule has 1 rings (SSSR count). The Labute approximate surface area is 94.9 Å². The van der Waals surface area contributed by atoms with E-state index >= 15 is 0 Å². The minimum atomic E-state index is -0.524. The smallest absolute Gasteiger partial charge is 0.326 e. The Bertz CT molecular complexity index is 440. The fourth-order valence-electron chi connectivity index (χ4n) is 1.33. The minimum Gasteiger partial charge on any atom is -0.459 e. The van der Waals surface area contributed by atoms with E-state index in [-0.39, 0.29) is 12.1 Å². The predicted molar refractivity (Wildman–Crippen MR) is 61.3 cm³/mol. The summed E-state index contributed by atoms with van der Waals surface area (Å²) in [6, 6.07) is 4.88. The molecule has 0 aliphatic carbocycles. The molecule has 0 aliphatic heterocycles. The molecule has 0 unspecified atom stereocenters. The summed E-state index contributed by atoms with van der Waals surface area (Å²) in [5.74, 6) is -0.399. The van der Waals surface area contributed by atoms with Crippen LogP contribution >= 0.6 is 0 Å². The molecule has 0 atom stereocenters. The lowest BCUT2D eigenvalue weighted by Gasteiger charge is -2.20. The average Bonchev–Trinajstić information content (AvgIpc) is 2.08. The Morgan fingerprint density at radius 2 is 2.00 bits per heavy atom. The van der Waals surface area contributed by atoms with Crippen molar-refractivity contribution >= 4 is 5.97 Å². The number of carbonyl (C=O) groups excluding carboxylic acids is 1. The second-order valence-electron chi connectivity index (χ2n) is 4.68. The minimum absolute atomic E-state index is 0.0389. The van der Waals surface area contributed by atoms with Gasteiger partial charge in [-0.2, -0.15) is 0 Å². The van der Waals surface area contributed by atoms with E-state index in [0.29, 0.717) is 0 Å². The number of hydrogen-bond acceptors (Lipinski definition) is 3. The number of hydrogen-bond donors (Lipinski definition) is 0. The summed E-state index contributed by atoms with van der Waals surface area (Å²) in [7, 11) is 0. The van der Waals surface area contributed by atoms with Crippen LogP contribution in [0.4, 0.5) is 0 Å². The van der Waals surface area contributed by atoms with Crippen molar-refractivity contribution in [1.82, 2.24) is 4.57 Å². The van der Waals surface area contributed by atoms with Crippen LogP contribution in [0.3, 0.4) is 0 Å². The summed E-state index contributed by atoms with van der Waals surface area (Å²) in [5, 5.41) is 0. The SMILES string of the molecule is Cc1cccc(=O)n1CC(=O)OC(C)(C)C. The highest BCUT2D eigenvalue weighted by Crippen LogP contribution is 2.07. The van der Waals surface area contributed by atoms with Gasteiger partial charge in [-0.3, -0.25) is 9.59 Å². The summed E-state index contributed by atoms with van der Waals surface area (Å²) in [6.07, 6.45) is 0. The highest BCUT2D eigenvalue weighted by Gasteiger charge is 2.17. The van der Waals surface area contributed by atoms with E-state index in [1.807, 2.05) is 0 Å². The van der Waals surface area contributed by atoms with Crippen molar-refractivity contribution < 1.29 is 9.53 Å². The summed E-state index contributed by atoms with van der Waals surface area (Å²) >= 11 is 0. The summed E-state index contributed by atoms with van der Waals surface area (Å²) < 4.78 is 6.55. The van der Waals surface area contributed by atoms with Crippen molar-refractivity contribution in [2.24, 2.45) is 0 Å². The van der Waals surface area contributed by atoms with Crippen molar-refractivity contribution in [1.29, 1.82) is 0 Å². The van der Waals surface area contributed by atoms with Gasteiger partial charge in [0.25, 0.3) is 5.56 Å². The maximum Gasteiger partial charge on any atom is 0.326 e. The van der Waals surface area contributed by atoms with Crippen LogP contribution in [0.1, 0.15) is 26.5 Å².